The van der Waals surface area contributed by atoms with Crippen LogP contribution in [0.25, 0.3) is 70.0 Å². The SMILES string of the molecule is [2H]c1c([2H])c([2H])c(-c2cc(C(C)(C)C)cc(-c3c([2H])c([2H])c([2H])c([2H])c3[2H])c2N2CN(c3cccc(Oc4ccc5c6ccc7sc8ccccc8c7c6n(-c6cc(C(C)(C)C)ccn6)c5c4)c3)c3ccccc32)c([2H])c1[2H]. The van der Waals surface area contributed by atoms with Gasteiger partial charge in [0.2, 0.25) is 0 Å². The van der Waals surface area contributed by atoms with E-state index < -0.39 is 65.8 Å². The van der Waals surface area contributed by atoms with Crippen LogP contribution >= 0.6 is 11.3 Å². The zero-order valence-corrected chi connectivity index (χ0v) is 39.3. The summed E-state index contributed by atoms with van der Waals surface area (Å²) in [7, 11) is 0. The molecule has 0 amide bonds. The summed E-state index contributed by atoms with van der Waals surface area (Å²) in [6, 6.07) is 37.5. The molecular weight excluding hydrogens is 849 g/mol. The predicted molar refractivity (Wildman–Crippen MR) is 288 cm³/mol. The Kier molecular flexibility index (Phi) is 7.55. The minimum atomic E-state index is -0.612. The fourth-order valence-electron chi connectivity index (χ4n) is 9.59. The molecule has 0 atom stereocenters. The highest BCUT2D eigenvalue weighted by molar-refractivity contribution is 7.26. The Bertz CT molecular complexity index is 4200. The monoisotopic (exact) mass is 910 g/mol. The summed E-state index contributed by atoms with van der Waals surface area (Å²) in [6.07, 6.45) is 1.89. The second kappa shape index (κ2) is 16.0. The first-order valence-corrected chi connectivity index (χ1v) is 23.5. The maximum Gasteiger partial charge on any atom is 0.137 e. The first-order valence-electron chi connectivity index (χ1n) is 27.7. The van der Waals surface area contributed by atoms with Crippen molar-refractivity contribution in [1.29, 1.82) is 0 Å². The van der Waals surface area contributed by atoms with Crippen LogP contribution in [0.5, 0.6) is 11.5 Å². The van der Waals surface area contributed by atoms with Gasteiger partial charge in [0, 0.05) is 66.1 Å². The van der Waals surface area contributed by atoms with E-state index in [4.69, 9.17) is 17.9 Å². The lowest BCUT2D eigenvalue weighted by atomic mass is 9.82. The van der Waals surface area contributed by atoms with Gasteiger partial charge in [-0.15, -0.1) is 11.3 Å². The van der Waals surface area contributed by atoms with Crippen LogP contribution in [0.4, 0.5) is 22.7 Å². The molecule has 4 heterocycles. The third-order valence-corrected chi connectivity index (χ3v) is 14.1. The van der Waals surface area contributed by atoms with Gasteiger partial charge in [0.25, 0.3) is 0 Å². The van der Waals surface area contributed by atoms with E-state index in [0.717, 1.165) is 44.6 Å². The van der Waals surface area contributed by atoms with Crippen LogP contribution in [0.15, 0.2) is 194 Å². The molecule has 0 aliphatic carbocycles. The van der Waals surface area contributed by atoms with Crippen LogP contribution < -0.4 is 14.5 Å². The lowest BCUT2D eigenvalue weighted by molar-refractivity contribution is 0.483. The predicted octanol–water partition coefficient (Wildman–Crippen LogP) is 17.5. The zero-order valence-electron chi connectivity index (χ0n) is 48.5. The Morgan fingerprint density at radius 3 is 1.91 bits per heavy atom. The van der Waals surface area contributed by atoms with Crippen molar-refractivity contribution in [2.24, 2.45) is 0 Å². The summed E-state index contributed by atoms with van der Waals surface area (Å²) in [5, 5.41) is 4.52. The van der Waals surface area contributed by atoms with Crippen molar-refractivity contribution < 1.29 is 18.4 Å². The minimum Gasteiger partial charge on any atom is -0.457 e. The van der Waals surface area contributed by atoms with E-state index in [2.05, 4.69) is 90.9 Å². The largest absolute Gasteiger partial charge is 0.457 e. The molecule has 0 N–H and O–H groups in total. The van der Waals surface area contributed by atoms with Crippen molar-refractivity contribution in [3.63, 3.8) is 0 Å². The molecule has 8 aromatic carbocycles. The van der Waals surface area contributed by atoms with Crippen LogP contribution in [-0.4, -0.2) is 16.2 Å². The van der Waals surface area contributed by atoms with Crippen molar-refractivity contribution in [2.45, 2.75) is 52.4 Å². The van der Waals surface area contributed by atoms with Crippen LogP contribution in [0.3, 0.4) is 0 Å². The van der Waals surface area contributed by atoms with Crippen molar-refractivity contribution in [3.8, 4) is 39.6 Å². The van der Waals surface area contributed by atoms with E-state index in [9.17, 15) is 5.48 Å². The second-order valence-electron chi connectivity index (χ2n) is 19.4. The number of rotatable bonds is 7. The van der Waals surface area contributed by atoms with Gasteiger partial charge >= 0.3 is 0 Å². The topological polar surface area (TPSA) is 33.5 Å². The Labute approximate surface area is 416 Å². The number of ether oxygens (including phenoxy) is 1. The van der Waals surface area contributed by atoms with Crippen LogP contribution in [0, 0.1) is 0 Å². The van der Waals surface area contributed by atoms with Crippen molar-refractivity contribution in [3.05, 3.63) is 205 Å². The number of hydrogen-bond acceptors (Lipinski definition) is 5. The van der Waals surface area contributed by atoms with Gasteiger partial charge in [0.05, 0.1) is 41.8 Å². The van der Waals surface area contributed by atoms with E-state index in [0.29, 0.717) is 28.4 Å². The first kappa shape index (κ1) is 32.1. The Hall–Kier alpha value is -7.67. The van der Waals surface area contributed by atoms with E-state index in [1.54, 1.807) is 23.5 Å². The third-order valence-electron chi connectivity index (χ3n) is 13.0. The van der Waals surface area contributed by atoms with Gasteiger partial charge in [-0.2, -0.15) is 0 Å². The molecule has 0 fully saturated rings. The van der Waals surface area contributed by atoms with Crippen molar-refractivity contribution >= 4 is 76.1 Å². The van der Waals surface area contributed by atoms with E-state index in [-0.39, 0.29) is 34.3 Å². The number of para-hydroxylation sites is 2. The molecule has 3 aromatic heterocycles. The highest BCUT2D eigenvalue weighted by Gasteiger charge is 2.33. The molecule has 0 saturated carbocycles. The number of nitrogens with zero attached hydrogens (tertiary/aromatic N) is 4. The highest BCUT2D eigenvalue weighted by atomic mass is 32.1. The maximum absolute atomic E-state index is 9.29. The number of fused-ring (bicyclic) bond motifs is 8. The molecule has 0 spiro atoms. The first-order chi connectivity index (χ1) is 37.1. The zero-order chi connectivity index (χ0) is 55.0. The van der Waals surface area contributed by atoms with Gasteiger partial charge in [-0.3, -0.25) is 4.57 Å². The molecule has 0 radical (unpaired) electrons. The lowest BCUT2D eigenvalue weighted by Gasteiger charge is -2.30. The van der Waals surface area contributed by atoms with Gasteiger partial charge in [0.15, 0.2) is 0 Å². The average Bonchev–Trinajstić information content (AvgIpc) is 4.24. The fourth-order valence-corrected chi connectivity index (χ4v) is 10.7. The summed E-state index contributed by atoms with van der Waals surface area (Å²) in [5.41, 5.74) is 5.91. The number of anilines is 4. The smallest absolute Gasteiger partial charge is 0.137 e. The average molecular weight is 911 g/mol. The molecule has 1 aliphatic rings. The van der Waals surface area contributed by atoms with Gasteiger partial charge in [-0.1, -0.05) is 144 Å². The highest BCUT2D eigenvalue weighted by Crippen LogP contribution is 2.52. The molecule has 0 bridgehead atoms. The van der Waals surface area contributed by atoms with Gasteiger partial charge in [0.1, 0.15) is 24.0 Å². The molecule has 0 unspecified atom stereocenters. The molecule has 12 rings (SSSR count). The van der Waals surface area contributed by atoms with Crippen molar-refractivity contribution in [1.82, 2.24) is 9.55 Å². The Morgan fingerprint density at radius 1 is 0.559 bits per heavy atom. The summed E-state index contributed by atoms with van der Waals surface area (Å²) in [5.74, 6) is 1.97. The number of aromatic nitrogens is 2. The summed E-state index contributed by atoms with van der Waals surface area (Å²) in [4.78, 5) is 9.02. The van der Waals surface area contributed by atoms with Gasteiger partial charge in [-0.05, 0) is 106 Å². The second-order valence-corrected chi connectivity index (χ2v) is 20.4. The number of pyridine rings is 1. The number of hydrogen-bond donors (Lipinski definition) is 0. The summed E-state index contributed by atoms with van der Waals surface area (Å²) in [6.45, 7) is 12.6. The van der Waals surface area contributed by atoms with Gasteiger partial charge < -0.3 is 14.5 Å². The van der Waals surface area contributed by atoms with Crippen LogP contribution in [-0.2, 0) is 10.8 Å². The maximum atomic E-state index is 9.29. The lowest BCUT2D eigenvalue weighted by Crippen LogP contribution is -2.25. The third kappa shape index (κ3) is 7.10. The Morgan fingerprint density at radius 2 is 1.21 bits per heavy atom. The van der Waals surface area contributed by atoms with E-state index in [1.165, 1.54) is 20.2 Å². The van der Waals surface area contributed by atoms with Crippen LogP contribution in [0.1, 0.15) is 66.4 Å². The minimum absolute atomic E-state index is 0.0798. The molecule has 5 nitrogen and oxygen atoms in total. The quantitative estimate of drug-likeness (QED) is 0.160. The molecular formula is C62H52N4OS. The molecule has 68 heavy (non-hydrogen) atoms. The molecule has 6 heteroatoms. The molecule has 1 aliphatic heterocycles. The van der Waals surface area contributed by atoms with Crippen molar-refractivity contribution in [2.75, 3.05) is 16.5 Å². The molecule has 332 valence electrons. The fraction of sp³-hybridized carbons (Fsp3) is 0.145. The number of benzene rings is 8. The Balaban J connectivity index is 1.02. The standard InChI is InChI=1S/C62H52N4OS/c1-61(2,3)42-32-33-63-57(36-42)66-54-38-46(28-29-47(54)48-30-31-56-58(60(48)66)49-24-13-16-27-55(49)68-56)67-45-23-17-22-44(37-45)64-39-65(53-26-15-14-25-52(53)64)59-50(40-18-9-7-10-19-40)34-43(62(4,5)6)35-51(59)41-20-11-8-12-21-41/h7-38H,39H2,1-6H3/i7D,8D,9D,10D,11D,12D,18D,19D,20D,21D. The van der Waals surface area contributed by atoms with E-state index >= 15 is 0 Å². The van der Waals surface area contributed by atoms with Crippen LogP contribution in [0.2, 0.25) is 0 Å². The normalized spacial score (nSPS) is 15.1. The summed E-state index contributed by atoms with van der Waals surface area (Å²) >= 11 is 1.78. The molecule has 0 saturated heterocycles. The number of thiophene rings is 1. The van der Waals surface area contributed by atoms with Gasteiger partial charge in [-0.25, -0.2) is 4.98 Å². The molecule has 11 aromatic rings. The van der Waals surface area contributed by atoms with E-state index in [1.807, 2.05) is 86.5 Å². The summed E-state index contributed by atoms with van der Waals surface area (Å²) < 4.78 is 101.